The molecule has 5 nitrogen and oxygen atoms in total. The third-order valence-electron chi connectivity index (χ3n) is 5.81. The van der Waals surface area contributed by atoms with E-state index in [1.54, 1.807) is 18.5 Å². The van der Waals surface area contributed by atoms with Crippen LogP contribution in [0.2, 0.25) is 0 Å². The van der Waals surface area contributed by atoms with Crippen LogP contribution in [0, 0.1) is 5.92 Å². The van der Waals surface area contributed by atoms with E-state index >= 15 is 0 Å². The minimum Gasteiger partial charge on any atom is -0.341 e. The van der Waals surface area contributed by atoms with Crippen LogP contribution in [0.15, 0.2) is 47.5 Å². The second-order valence-electron chi connectivity index (χ2n) is 7.54. The summed E-state index contributed by atoms with van der Waals surface area (Å²) in [4.78, 5) is 31.5. The van der Waals surface area contributed by atoms with Crippen molar-refractivity contribution in [2.24, 2.45) is 5.92 Å². The second kappa shape index (κ2) is 7.06. The number of fused-ring (bicyclic) bond motifs is 4. The number of aromatic nitrogens is 2. The zero-order valence-electron chi connectivity index (χ0n) is 15.2. The highest BCUT2D eigenvalue weighted by Gasteiger charge is 2.41. The summed E-state index contributed by atoms with van der Waals surface area (Å²) in [5.74, 6) is 0.780. The standard InChI is InChI=1S/C21H25N3O2/c1-2-5-18-16-11-17(19-7-3-8-20(25)24(18)19)14-23(13-16)21(26)10-15-6-4-9-22-12-15/h3-4,6-9,12,16-18H,2,5,10-11,13-14H2,1H3/t16-,17+,18-/m0/s1. The number of hydrogen-bond donors (Lipinski definition) is 0. The van der Waals surface area contributed by atoms with Gasteiger partial charge in [-0.3, -0.25) is 14.6 Å². The predicted octanol–water partition coefficient (Wildman–Crippen LogP) is 2.77. The summed E-state index contributed by atoms with van der Waals surface area (Å²) in [7, 11) is 0. The molecule has 2 bridgehead atoms. The molecule has 2 aliphatic heterocycles. The predicted molar refractivity (Wildman–Crippen MR) is 100 cm³/mol. The molecule has 0 radical (unpaired) electrons. The van der Waals surface area contributed by atoms with Crippen LogP contribution in [-0.4, -0.2) is 33.4 Å². The quantitative estimate of drug-likeness (QED) is 0.851. The molecule has 136 valence electrons. The largest absolute Gasteiger partial charge is 0.341 e. The molecule has 0 spiro atoms. The fourth-order valence-electron chi connectivity index (χ4n) is 4.70. The Hall–Kier alpha value is -2.43. The molecule has 0 unspecified atom stereocenters. The summed E-state index contributed by atoms with van der Waals surface area (Å²) in [6.45, 7) is 3.62. The van der Waals surface area contributed by atoms with Gasteiger partial charge in [0.15, 0.2) is 0 Å². The highest BCUT2D eigenvalue weighted by Crippen LogP contribution is 2.42. The number of hydrogen-bond acceptors (Lipinski definition) is 3. The van der Waals surface area contributed by atoms with E-state index in [2.05, 4.69) is 18.0 Å². The van der Waals surface area contributed by atoms with E-state index in [1.165, 1.54) is 0 Å². The molecule has 0 N–H and O–H groups in total. The summed E-state index contributed by atoms with van der Waals surface area (Å²) >= 11 is 0. The van der Waals surface area contributed by atoms with Gasteiger partial charge in [-0.25, -0.2) is 0 Å². The first-order valence-corrected chi connectivity index (χ1v) is 9.55. The van der Waals surface area contributed by atoms with Gasteiger partial charge in [0.1, 0.15) is 0 Å². The molecule has 0 saturated carbocycles. The molecular weight excluding hydrogens is 326 g/mol. The number of pyridine rings is 2. The monoisotopic (exact) mass is 351 g/mol. The lowest BCUT2D eigenvalue weighted by Gasteiger charge is -2.47. The van der Waals surface area contributed by atoms with E-state index in [0.29, 0.717) is 18.9 Å². The van der Waals surface area contributed by atoms with Crippen molar-refractivity contribution in [2.75, 3.05) is 13.1 Å². The van der Waals surface area contributed by atoms with Gasteiger partial charge < -0.3 is 9.47 Å². The van der Waals surface area contributed by atoms with Gasteiger partial charge in [0.2, 0.25) is 5.91 Å². The van der Waals surface area contributed by atoms with Gasteiger partial charge in [-0.2, -0.15) is 0 Å². The Morgan fingerprint density at radius 3 is 2.88 bits per heavy atom. The molecule has 2 aromatic rings. The number of rotatable bonds is 4. The Kier molecular flexibility index (Phi) is 4.62. The fraction of sp³-hybridized carbons (Fsp3) is 0.476. The molecule has 3 atom stereocenters. The van der Waals surface area contributed by atoms with Crippen molar-refractivity contribution in [3.63, 3.8) is 0 Å². The van der Waals surface area contributed by atoms with Gasteiger partial charge in [0.25, 0.3) is 5.56 Å². The summed E-state index contributed by atoms with van der Waals surface area (Å²) in [5, 5.41) is 0. The lowest BCUT2D eigenvalue weighted by atomic mass is 9.77. The van der Waals surface area contributed by atoms with Crippen molar-refractivity contribution in [3.05, 3.63) is 64.3 Å². The van der Waals surface area contributed by atoms with E-state index in [-0.39, 0.29) is 23.4 Å². The number of carbonyl (C=O) groups excluding carboxylic acids is 1. The van der Waals surface area contributed by atoms with Crippen molar-refractivity contribution < 1.29 is 4.79 Å². The molecule has 5 heteroatoms. The topological polar surface area (TPSA) is 55.2 Å². The minimum atomic E-state index is 0.103. The third-order valence-corrected chi connectivity index (χ3v) is 5.81. The highest BCUT2D eigenvalue weighted by atomic mass is 16.2. The Bertz CT molecular complexity index is 846. The van der Waals surface area contributed by atoms with Gasteiger partial charge >= 0.3 is 0 Å². The van der Waals surface area contributed by atoms with Gasteiger partial charge in [0, 0.05) is 49.2 Å². The van der Waals surface area contributed by atoms with Crippen LogP contribution in [-0.2, 0) is 11.2 Å². The first-order valence-electron chi connectivity index (χ1n) is 9.55. The van der Waals surface area contributed by atoms with E-state index in [0.717, 1.165) is 37.1 Å². The van der Waals surface area contributed by atoms with Crippen LogP contribution in [0.25, 0.3) is 0 Å². The van der Waals surface area contributed by atoms with Crippen molar-refractivity contribution in [2.45, 2.75) is 44.6 Å². The molecule has 1 amide bonds. The van der Waals surface area contributed by atoms with E-state index in [9.17, 15) is 9.59 Å². The van der Waals surface area contributed by atoms with Gasteiger partial charge in [0.05, 0.1) is 6.42 Å². The number of nitrogens with zero attached hydrogens (tertiary/aromatic N) is 3. The molecule has 26 heavy (non-hydrogen) atoms. The molecule has 1 fully saturated rings. The maximum Gasteiger partial charge on any atom is 0.250 e. The number of piperidine rings is 1. The average molecular weight is 351 g/mol. The highest BCUT2D eigenvalue weighted by molar-refractivity contribution is 5.79. The fourth-order valence-corrected chi connectivity index (χ4v) is 4.70. The first kappa shape index (κ1) is 17.0. The maximum atomic E-state index is 12.9. The molecule has 4 heterocycles. The van der Waals surface area contributed by atoms with Gasteiger partial charge in [-0.15, -0.1) is 0 Å². The van der Waals surface area contributed by atoms with E-state index < -0.39 is 0 Å². The Morgan fingerprint density at radius 1 is 1.23 bits per heavy atom. The lowest BCUT2D eigenvalue weighted by molar-refractivity contribution is -0.133. The Labute approximate surface area is 153 Å². The normalized spacial score (nSPS) is 24.2. The van der Waals surface area contributed by atoms with Crippen molar-refractivity contribution in [3.8, 4) is 0 Å². The van der Waals surface area contributed by atoms with Crippen LogP contribution < -0.4 is 5.56 Å². The van der Waals surface area contributed by atoms with Gasteiger partial charge in [-0.1, -0.05) is 25.5 Å². The lowest BCUT2D eigenvalue weighted by Crippen LogP contribution is -2.51. The average Bonchev–Trinajstić information content (AvgIpc) is 2.66. The van der Waals surface area contributed by atoms with Crippen LogP contribution >= 0.6 is 0 Å². The molecule has 2 aromatic heterocycles. The molecule has 0 aliphatic carbocycles. The summed E-state index contributed by atoms with van der Waals surface area (Å²) < 4.78 is 2.02. The third kappa shape index (κ3) is 3.06. The Balaban J connectivity index is 1.61. The van der Waals surface area contributed by atoms with Gasteiger partial charge in [-0.05, 0) is 36.5 Å². The summed E-state index contributed by atoms with van der Waals surface area (Å²) in [6.07, 6.45) is 6.98. The Morgan fingerprint density at radius 2 is 2.12 bits per heavy atom. The van der Waals surface area contributed by atoms with Crippen LogP contribution in [0.4, 0.5) is 0 Å². The molecule has 1 saturated heterocycles. The summed E-state index contributed by atoms with van der Waals surface area (Å²) in [6, 6.07) is 9.61. The van der Waals surface area contributed by atoms with E-state index in [1.807, 2.05) is 27.7 Å². The molecular formula is C21H25N3O2. The van der Waals surface area contributed by atoms with Crippen molar-refractivity contribution >= 4 is 5.91 Å². The van der Waals surface area contributed by atoms with Crippen LogP contribution in [0.3, 0.4) is 0 Å². The zero-order valence-corrected chi connectivity index (χ0v) is 15.2. The number of amides is 1. The van der Waals surface area contributed by atoms with E-state index in [4.69, 9.17) is 0 Å². The molecule has 4 rings (SSSR count). The maximum absolute atomic E-state index is 12.9. The number of likely N-dealkylation sites (tertiary alicyclic amines) is 1. The zero-order chi connectivity index (χ0) is 18.1. The van der Waals surface area contributed by atoms with Crippen LogP contribution in [0.5, 0.6) is 0 Å². The molecule has 0 aromatic carbocycles. The molecule has 2 aliphatic rings. The summed E-state index contributed by atoms with van der Waals surface area (Å²) in [5.41, 5.74) is 2.16. The van der Waals surface area contributed by atoms with Crippen molar-refractivity contribution in [1.82, 2.24) is 14.5 Å². The smallest absolute Gasteiger partial charge is 0.250 e. The minimum absolute atomic E-state index is 0.103. The van der Waals surface area contributed by atoms with Crippen LogP contribution in [0.1, 0.15) is 49.4 Å². The van der Waals surface area contributed by atoms with Crippen molar-refractivity contribution in [1.29, 1.82) is 0 Å². The number of carbonyl (C=O) groups is 1. The second-order valence-corrected chi connectivity index (χ2v) is 7.54. The first-order chi connectivity index (χ1) is 12.7. The SMILES string of the molecule is CCC[C@H]1[C@H]2C[C@H](CN(C(=O)Cc3cccnc3)C2)c2cccc(=O)n21.